The maximum atomic E-state index is 12.6. The molecule has 7 heteroatoms. The van der Waals surface area contributed by atoms with Crippen LogP contribution in [0.3, 0.4) is 0 Å². The van der Waals surface area contributed by atoms with Gasteiger partial charge in [-0.1, -0.05) is 0 Å². The van der Waals surface area contributed by atoms with E-state index >= 15 is 0 Å². The van der Waals surface area contributed by atoms with E-state index in [4.69, 9.17) is 0 Å². The molecule has 2 aliphatic heterocycles. The van der Waals surface area contributed by atoms with Crippen LogP contribution in [0.2, 0.25) is 0 Å². The average Bonchev–Trinajstić information content (AvgIpc) is 2.63. The van der Waals surface area contributed by atoms with Crippen LogP contribution in [0.25, 0.3) is 0 Å². The molecule has 2 N–H and O–H groups in total. The van der Waals surface area contributed by atoms with Gasteiger partial charge in [0, 0.05) is 31.4 Å². The predicted octanol–water partition coefficient (Wildman–Crippen LogP) is 0.926. The maximum Gasteiger partial charge on any atom is 0.417 e. The smallest absolute Gasteiger partial charge is 0.386 e. The summed E-state index contributed by atoms with van der Waals surface area (Å²) in [6.07, 6.45) is -4.51. The number of fused-ring (bicyclic) bond motifs is 3. The molecule has 1 aromatic heterocycles. The van der Waals surface area contributed by atoms with Crippen molar-refractivity contribution in [3.63, 3.8) is 0 Å². The third-order valence-electron chi connectivity index (χ3n) is 3.46. The number of aliphatic hydroxyl groups excluding tert-OH is 1. The average molecular weight is 259 g/mol. The Balaban J connectivity index is 2.03. The molecule has 0 aromatic carbocycles. The van der Waals surface area contributed by atoms with Crippen molar-refractivity contribution in [2.24, 2.45) is 0 Å². The van der Waals surface area contributed by atoms with Crippen molar-refractivity contribution in [3.05, 3.63) is 23.4 Å². The van der Waals surface area contributed by atoms with E-state index in [1.165, 1.54) is 0 Å². The molecule has 1 saturated heterocycles. The summed E-state index contributed by atoms with van der Waals surface area (Å²) in [6, 6.07) is 0.787. The van der Waals surface area contributed by atoms with Crippen LogP contribution in [0, 0.1) is 0 Å². The topological polar surface area (TPSA) is 48.4 Å². The number of piperazine rings is 1. The Bertz CT molecular complexity index is 477. The van der Waals surface area contributed by atoms with Crippen molar-refractivity contribution >= 4 is 5.82 Å². The van der Waals surface area contributed by atoms with Gasteiger partial charge in [-0.05, 0) is 6.07 Å². The number of rotatable bonds is 0. The molecule has 0 aliphatic carbocycles. The van der Waals surface area contributed by atoms with Gasteiger partial charge in [-0.3, -0.25) is 0 Å². The minimum absolute atomic E-state index is 0.218. The summed E-state index contributed by atoms with van der Waals surface area (Å²) >= 11 is 0. The fourth-order valence-electron chi connectivity index (χ4n) is 2.57. The molecule has 4 nitrogen and oxygen atoms in total. The standard InChI is InChI=1S/C11H12F3N3O/c12-11(13,14)6-3-7-9(18)8-5-15-1-2-17(8)10(7)16-4-6/h3-4,8-9,15,18H,1-2,5H2/t8-,9-/m0/s1. The fraction of sp³-hybridized carbons (Fsp3) is 0.545. The van der Waals surface area contributed by atoms with E-state index in [1.54, 1.807) is 0 Å². The van der Waals surface area contributed by atoms with Gasteiger partial charge in [-0.15, -0.1) is 0 Å². The van der Waals surface area contributed by atoms with Crippen LogP contribution >= 0.6 is 0 Å². The van der Waals surface area contributed by atoms with E-state index in [9.17, 15) is 18.3 Å². The molecule has 0 spiro atoms. The first kappa shape index (κ1) is 11.7. The number of nitrogens with zero attached hydrogens (tertiary/aromatic N) is 2. The highest BCUT2D eigenvalue weighted by atomic mass is 19.4. The Kier molecular flexibility index (Phi) is 2.49. The Labute approximate surface area is 101 Å². The fourth-order valence-corrected chi connectivity index (χ4v) is 2.57. The third kappa shape index (κ3) is 1.65. The van der Waals surface area contributed by atoms with Crippen molar-refractivity contribution in [2.75, 3.05) is 24.5 Å². The van der Waals surface area contributed by atoms with Crippen LogP contribution in [0.4, 0.5) is 19.0 Å². The van der Waals surface area contributed by atoms with Crippen molar-refractivity contribution < 1.29 is 18.3 Å². The molecule has 2 atom stereocenters. The first-order valence-electron chi connectivity index (χ1n) is 5.71. The lowest BCUT2D eigenvalue weighted by molar-refractivity contribution is -0.137. The van der Waals surface area contributed by atoms with E-state index < -0.39 is 17.8 Å². The summed E-state index contributed by atoms with van der Waals surface area (Å²) in [5, 5.41) is 13.2. The van der Waals surface area contributed by atoms with E-state index in [1.807, 2.05) is 4.90 Å². The number of alkyl halides is 3. The monoisotopic (exact) mass is 259 g/mol. The van der Waals surface area contributed by atoms with Gasteiger partial charge in [0.2, 0.25) is 0 Å². The van der Waals surface area contributed by atoms with Crippen molar-refractivity contribution in [3.8, 4) is 0 Å². The minimum Gasteiger partial charge on any atom is -0.386 e. The van der Waals surface area contributed by atoms with E-state index in [-0.39, 0.29) is 11.6 Å². The van der Waals surface area contributed by atoms with Gasteiger partial charge < -0.3 is 15.3 Å². The molecule has 0 saturated carbocycles. The highest BCUT2D eigenvalue weighted by Crippen LogP contribution is 2.41. The lowest BCUT2D eigenvalue weighted by Gasteiger charge is -2.32. The lowest BCUT2D eigenvalue weighted by atomic mass is 10.1. The number of hydrogen-bond acceptors (Lipinski definition) is 4. The zero-order chi connectivity index (χ0) is 12.9. The van der Waals surface area contributed by atoms with Crippen molar-refractivity contribution in [2.45, 2.75) is 18.3 Å². The first-order valence-corrected chi connectivity index (χ1v) is 5.71. The van der Waals surface area contributed by atoms with Gasteiger partial charge in [0.1, 0.15) is 11.9 Å². The Morgan fingerprint density at radius 1 is 1.44 bits per heavy atom. The lowest BCUT2D eigenvalue weighted by Crippen LogP contribution is -2.51. The number of nitrogens with one attached hydrogen (secondary N) is 1. The van der Waals surface area contributed by atoms with Crippen LogP contribution in [-0.2, 0) is 6.18 Å². The number of aromatic nitrogens is 1. The molecule has 2 aliphatic rings. The maximum absolute atomic E-state index is 12.6. The van der Waals surface area contributed by atoms with Crippen LogP contribution < -0.4 is 10.2 Å². The van der Waals surface area contributed by atoms with Crippen LogP contribution in [-0.4, -0.2) is 35.8 Å². The second kappa shape index (κ2) is 3.83. The minimum atomic E-state index is -4.43. The number of halogens is 3. The molecule has 3 rings (SSSR count). The number of aliphatic hydroxyl groups is 1. The number of anilines is 1. The van der Waals surface area contributed by atoms with Crippen LogP contribution in [0.5, 0.6) is 0 Å². The van der Waals surface area contributed by atoms with E-state index in [0.29, 0.717) is 18.9 Å². The van der Waals surface area contributed by atoms with Gasteiger partial charge in [-0.25, -0.2) is 4.98 Å². The summed E-state index contributed by atoms with van der Waals surface area (Å²) in [4.78, 5) is 5.75. The summed E-state index contributed by atoms with van der Waals surface area (Å²) in [7, 11) is 0. The number of hydrogen-bond donors (Lipinski definition) is 2. The molecule has 98 valence electrons. The second-order valence-electron chi connectivity index (χ2n) is 4.54. The quantitative estimate of drug-likeness (QED) is 0.727. The molecular formula is C11H12F3N3O. The van der Waals surface area contributed by atoms with E-state index in [0.717, 1.165) is 18.8 Å². The molecule has 1 fully saturated rings. The summed E-state index contributed by atoms with van der Waals surface area (Å²) in [6.45, 7) is 1.94. The Morgan fingerprint density at radius 2 is 2.22 bits per heavy atom. The van der Waals surface area contributed by atoms with Gasteiger partial charge in [-0.2, -0.15) is 13.2 Å². The molecule has 3 heterocycles. The second-order valence-corrected chi connectivity index (χ2v) is 4.54. The normalized spacial score (nSPS) is 27.0. The zero-order valence-electron chi connectivity index (χ0n) is 9.41. The highest BCUT2D eigenvalue weighted by Gasteiger charge is 2.42. The summed E-state index contributed by atoms with van der Waals surface area (Å²) < 4.78 is 37.8. The van der Waals surface area contributed by atoms with Gasteiger partial charge in [0.05, 0.1) is 11.6 Å². The summed E-state index contributed by atoms with van der Waals surface area (Å²) in [5.74, 6) is 0.474. The van der Waals surface area contributed by atoms with Crippen molar-refractivity contribution in [1.82, 2.24) is 10.3 Å². The predicted molar refractivity (Wildman–Crippen MR) is 58.2 cm³/mol. The highest BCUT2D eigenvalue weighted by molar-refractivity contribution is 5.57. The molecule has 0 bridgehead atoms. The zero-order valence-corrected chi connectivity index (χ0v) is 9.41. The summed E-state index contributed by atoms with van der Waals surface area (Å²) in [5.41, 5.74) is -0.536. The number of pyridine rings is 1. The van der Waals surface area contributed by atoms with Gasteiger partial charge >= 0.3 is 6.18 Å². The largest absolute Gasteiger partial charge is 0.417 e. The Hall–Kier alpha value is -1.34. The Morgan fingerprint density at radius 3 is 2.94 bits per heavy atom. The third-order valence-corrected chi connectivity index (χ3v) is 3.46. The molecule has 18 heavy (non-hydrogen) atoms. The molecule has 0 unspecified atom stereocenters. The van der Waals surface area contributed by atoms with Crippen molar-refractivity contribution in [1.29, 1.82) is 0 Å². The van der Waals surface area contributed by atoms with Gasteiger partial charge in [0.25, 0.3) is 0 Å². The van der Waals surface area contributed by atoms with Gasteiger partial charge in [0.15, 0.2) is 0 Å². The molecule has 0 radical (unpaired) electrons. The SMILES string of the molecule is O[C@H]1c2cc(C(F)(F)F)cnc2N2CCNC[C@@H]12. The molecule has 0 amide bonds. The molecule has 1 aromatic rings. The first-order chi connectivity index (χ1) is 8.48. The van der Waals surface area contributed by atoms with Crippen LogP contribution in [0.1, 0.15) is 17.2 Å². The molecular weight excluding hydrogens is 247 g/mol. The van der Waals surface area contributed by atoms with Crippen LogP contribution in [0.15, 0.2) is 12.3 Å². The van der Waals surface area contributed by atoms with E-state index in [2.05, 4.69) is 10.3 Å².